The van der Waals surface area contributed by atoms with Gasteiger partial charge in [0.15, 0.2) is 0 Å². The van der Waals surface area contributed by atoms with Gasteiger partial charge in [-0.25, -0.2) is 0 Å². The number of likely N-dealkylation sites (tertiary alicyclic amines) is 1. The van der Waals surface area contributed by atoms with Crippen LogP contribution in [0, 0.1) is 11.3 Å². The summed E-state index contributed by atoms with van der Waals surface area (Å²) in [5.41, 5.74) is 0.815. The fourth-order valence-corrected chi connectivity index (χ4v) is 3.87. The van der Waals surface area contributed by atoms with E-state index in [0.717, 1.165) is 58.8 Å². The first-order valence-corrected chi connectivity index (χ1v) is 8.59. The lowest BCUT2D eigenvalue weighted by atomic mass is 9.66. The highest BCUT2D eigenvalue weighted by Gasteiger charge is 2.44. The van der Waals surface area contributed by atoms with Crippen LogP contribution in [0.2, 0.25) is 0 Å². The minimum Gasteiger partial charge on any atom is -0.381 e. The molecule has 1 atom stereocenters. The van der Waals surface area contributed by atoms with E-state index >= 15 is 0 Å². The molecule has 0 radical (unpaired) electrons. The summed E-state index contributed by atoms with van der Waals surface area (Å²) in [5, 5.41) is 4.23. The van der Waals surface area contributed by atoms with Gasteiger partial charge < -0.3 is 14.4 Å². The number of aromatic nitrogens is 2. The van der Waals surface area contributed by atoms with E-state index < -0.39 is 0 Å². The molecule has 23 heavy (non-hydrogen) atoms. The van der Waals surface area contributed by atoms with Crippen LogP contribution in [0.25, 0.3) is 0 Å². The number of rotatable bonds is 4. The largest absolute Gasteiger partial charge is 0.381 e. The minimum absolute atomic E-state index is 0.0499. The van der Waals surface area contributed by atoms with E-state index in [2.05, 4.69) is 5.10 Å². The number of ether oxygens (including phenoxy) is 2. The summed E-state index contributed by atoms with van der Waals surface area (Å²) in [7, 11) is 1.84. The van der Waals surface area contributed by atoms with Crippen LogP contribution in [0.3, 0.4) is 0 Å². The molecular weight excluding hydrogens is 294 g/mol. The molecule has 3 rings (SSSR count). The summed E-state index contributed by atoms with van der Waals surface area (Å²) in [5.74, 6) is 0.497. The molecule has 6 heteroatoms. The fourth-order valence-electron chi connectivity index (χ4n) is 3.87. The average molecular weight is 321 g/mol. The quantitative estimate of drug-likeness (QED) is 0.847. The number of carbonyl (C=O) groups is 1. The second kappa shape index (κ2) is 7.01. The van der Waals surface area contributed by atoms with Crippen LogP contribution >= 0.6 is 0 Å². The number of hydrogen-bond acceptors (Lipinski definition) is 4. The summed E-state index contributed by atoms with van der Waals surface area (Å²) in [6.07, 6.45) is 4.96. The van der Waals surface area contributed by atoms with Gasteiger partial charge >= 0.3 is 0 Å². The van der Waals surface area contributed by atoms with Gasteiger partial charge in [0.1, 0.15) is 5.69 Å². The molecular formula is C17H27N3O3. The van der Waals surface area contributed by atoms with E-state index in [1.165, 1.54) is 0 Å². The predicted molar refractivity (Wildman–Crippen MR) is 86.2 cm³/mol. The molecule has 0 saturated carbocycles. The molecule has 128 valence electrons. The van der Waals surface area contributed by atoms with Crippen LogP contribution < -0.4 is 0 Å². The van der Waals surface area contributed by atoms with Gasteiger partial charge in [-0.15, -0.1) is 0 Å². The molecule has 1 aromatic rings. The first-order chi connectivity index (χ1) is 11.1. The Kier molecular flexibility index (Phi) is 5.02. The molecule has 2 saturated heterocycles. The maximum atomic E-state index is 12.5. The van der Waals surface area contributed by atoms with Crippen LogP contribution in [-0.2, 0) is 16.5 Å². The van der Waals surface area contributed by atoms with E-state index in [9.17, 15) is 4.79 Å². The van der Waals surface area contributed by atoms with Gasteiger partial charge in [0, 0.05) is 45.5 Å². The van der Waals surface area contributed by atoms with Crippen LogP contribution in [0.1, 0.15) is 36.7 Å². The lowest BCUT2D eigenvalue weighted by Crippen LogP contribution is -2.50. The van der Waals surface area contributed by atoms with E-state index in [1.54, 1.807) is 10.7 Å². The first kappa shape index (κ1) is 16.5. The van der Waals surface area contributed by atoms with Gasteiger partial charge in [-0.2, -0.15) is 5.10 Å². The highest BCUT2D eigenvalue weighted by atomic mass is 16.5. The number of piperidine rings is 1. The van der Waals surface area contributed by atoms with Crippen molar-refractivity contribution in [3.8, 4) is 0 Å². The van der Waals surface area contributed by atoms with Crippen LogP contribution in [-0.4, -0.2) is 60.1 Å². The Hall–Kier alpha value is -1.40. The average Bonchev–Trinajstić information content (AvgIpc) is 3.01. The lowest BCUT2D eigenvalue weighted by molar-refractivity contribution is -0.0956. The number of carbonyl (C=O) groups excluding carboxylic acids is 1. The molecule has 1 amide bonds. The lowest BCUT2D eigenvalue weighted by Gasteiger charge is -2.48. The van der Waals surface area contributed by atoms with Crippen molar-refractivity contribution in [2.75, 3.05) is 39.5 Å². The molecule has 1 spiro atoms. The van der Waals surface area contributed by atoms with Gasteiger partial charge in [-0.05, 0) is 37.7 Å². The highest BCUT2D eigenvalue weighted by molar-refractivity contribution is 5.92. The molecule has 2 aliphatic heterocycles. The van der Waals surface area contributed by atoms with E-state index in [4.69, 9.17) is 9.47 Å². The normalized spacial score (nSPS) is 24.1. The molecule has 3 heterocycles. The number of aryl methyl sites for hydroxylation is 1. The number of nitrogens with zero attached hydrogens (tertiary/aromatic N) is 3. The van der Waals surface area contributed by atoms with Crippen molar-refractivity contribution in [2.24, 2.45) is 18.4 Å². The second-order valence-corrected chi connectivity index (χ2v) is 6.71. The molecule has 0 aliphatic carbocycles. The molecule has 0 bridgehead atoms. The van der Waals surface area contributed by atoms with Gasteiger partial charge in [0.05, 0.1) is 13.2 Å². The smallest absolute Gasteiger partial charge is 0.274 e. The third-order valence-corrected chi connectivity index (χ3v) is 5.43. The Bertz CT molecular complexity index is 535. The molecule has 0 unspecified atom stereocenters. The van der Waals surface area contributed by atoms with Crippen molar-refractivity contribution in [3.63, 3.8) is 0 Å². The van der Waals surface area contributed by atoms with E-state index in [-0.39, 0.29) is 11.3 Å². The van der Waals surface area contributed by atoms with Crippen molar-refractivity contribution < 1.29 is 14.3 Å². The van der Waals surface area contributed by atoms with Crippen LogP contribution in [0.5, 0.6) is 0 Å². The zero-order valence-corrected chi connectivity index (χ0v) is 14.2. The Morgan fingerprint density at radius 1 is 1.43 bits per heavy atom. The Morgan fingerprint density at radius 2 is 2.22 bits per heavy atom. The van der Waals surface area contributed by atoms with Gasteiger partial charge in [0.25, 0.3) is 5.91 Å². The zero-order valence-electron chi connectivity index (χ0n) is 14.2. The van der Waals surface area contributed by atoms with Gasteiger partial charge in [-0.1, -0.05) is 0 Å². The molecule has 2 fully saturated rings. The SMILES string of the molecule is CCOC[C@@H]1COCCC12CCN(C(=O)c1ccn(C)n1)CC2. The van der Waals surface area contributed by atoms with E-state index in [1.807, 2.05) is 25.1 Å². The van der Waals surface area contributed by atoms with Crippen molar-refractivity contribution in [2.45, 2.75) is 26.2 Å². The molecule has 0 aromatic carbocycles. The molecule has 2 aliphatic rings. The maximum absolute atomic E-state index is 12.5. The maximum Gasteiger partial charge on any atom is 0.274 e. The van der Waals surface area contributed by atoms with Crippen molar-refractivity contribution in [3.05, 3.63) is 18.0 Å². The number of amides is 1. The Labute approximate surface area is 137 Å². The van der Waals surface area contributed by atoms with Crippen molar-refractivity contribution in [1.29, 1.82) is 0 Å². The number of hydrogen-bond donors (Lipinski definition) is 0. The minimum atomic E-state index is 0.0499. The van der Waals surface area contributed by atoms with Gasteiger partial charge in [-0.3, -0.25) is 9.48 Å². The fraction of sp³-hybridized carbons (Fsp3) is 0.765. The van der Waals surface area contributed by atoms with Crippen molar-refractivity contribution >= 4 is 5.91 Å². The molecule has 6 nitrogen and oxygen atoms in total. The molecule has 1 aromatic heterocycles. The summed E-state index contributed by atoms with van der Waals surface area (Å²) >= 11 is 0. The van der Waals surface area contributed by atoms with Crippen molar-refractivity contribution in [1.82, 2.24) is 14.7 Å². The van der Waals surface area contributed by atoms with Crippen LogP contribution in [0.4, 0.5) is 0 Å². The topological polar surface area (TPSA) is 56.6 Å². The second-order valence-electron chi connectivity index (χ2n) is 6.71. The predicted octanol–water partition coefficient (Wildman–Crippen LogP) is 1.72. The Morgan fingerprint density at radius 3 is 2.87 bits per heavy atom. The third-order valence-electron chi connectivity index (χ3n) is 5.43. The summed E-state index contributed by atoms with van der Waals surface area (Å²) in [6, 6.07) is 1.79. The third kappa shape index (κ3) is 3.43. The first-order valence-electron chi connectivity index (χ1n) is 8.59. The summed E-state index contributed by atoms with van der Waals surface area (Å²) in [4.78, 5) is 14.5. The Balaban J connectivity index is 1.63. The standard InChI is InChI=1S/C17H27N3O3/c1-3-22-12-14-13-23-11-7-17(14)5-9-20(10-6-17)16(21)15-4-8-19(2)18-15/h4,8,14H,3,5-7,9-13H2,1-2H3/t14-/m1/s1. The highest BCUT2D eigenvalue weighted by Crippen LogP contribution is 2.44. The molecule has 0 N–H and O–H groups in total. The summed E-state index contributed by atoms with van der Waals surface area (Å²) < 4.78 is 13.0. The summed E-state index contributed by atoms with van der Waals surface area (Å²) in [6.45, 7) is 6.77. The van der Waals surface area contributed by atoms with Crippen LogP contribution in [0.15, 0.2) is 12.3 Å². The van der Waals surface area contributed by atoms with Gasteiger partial charge in [0.2, 0.25) is 0 Å². The van der Waals surface area contributed by atoms with E-state index in [0.29, 0.717) is 11.6 Å². The zero-order chi connectivity index (χ0) is 16.3. The monoisotopic (exact) mass is 321 g/mol.